The van der Waals surface area contributed by atoms with E-state index in [9.17, 15) is 14.0 Å². The maximum atomic E-state index is 15.6. The van der Waals surface area contributed by atoms with E-state index in [0.29, 0.717) is 59.7 Å². The van der Waals surface area contributed by atoms with Crippen molar-refractivity contribution >= 4 is 22.5 Å². The van der Waals surface area contributed by atoms with Crippen LogP contribution in [0, 0.1) is 11.6 Å². The van der Waals surface area contributed by atoms with Gasteiger partial charge in [0, 0.05) is 48.5 Å². The zero-order chi connectivity index (χ0) is 36.2. The lowest BCUT2D eigenvalue weighted by Gasteiger charge is -2.34. The summed E-state index contributed by atoms with van der Waals surface area (Å²) < 4.78 is 60.1. The number of carbonyl (C=O) groups excluding carboxylic acids is 1. The minimum absolute atomic E-state index is 0.0491. The van der Waals surface area contributed by atoms with Gasteiger partial charge in [0.15, 0.2) is 23.1 Å². The van der Waals surface area contributed by atoms with Crippen molar-refractivity contribution in [1.82, 2.24) is 14.5 Å². The second-order valence-corrected chi connectivity index (χ2v) is 12.5. The van der Waals surface area contributed by atoms with E-state index in [2.05, 4.69) is 22.2 Å². The van der Waals surface area contributed by atoms with Crippen LogP contribution in [0.15, 0.2) is 77.9 Å². The molecular weight excluding hydrogens is 674 g/mol. The van der Waals surface area contributed by atoms with Gasteiger partial charge < -0.3 is 33.9 Å². The smallest absolute Gasteiger partial charge is 0.271 e. The van der Waals surface area contributed by atoms with Crippen LogP contribution in [0.4, 0.5) is 14.5 Å². The van der Waals surface area contributed by atoms with Crippen LogP contribution in [0.2, 0.25) is 0 Å². The van der Waals surface area contributed by atoms with Crippen molar-refractivity contribution in [3.63, 3.8) is 0 Å². The van der Waals surface area contributed by atoms with Crippen LogP contribution < -0.4 is 34.6 Å². The monoisotopic (exact) mass is 712 g/mol. The van der Waals surface area contributed by atoms with Gasteiger partial charge in [-0.2, -0.15) is 0 Å². The van der Waals surface area contributed by atoms with Gasteiger partial charge in [-0.1, -0.05) is 6.42 Å². The van der Waals surface area contributed by atoms with Crippen molar-refractivity contribution in [3.05, 3.63) is 101 Å². The van der Waals surface area contributed by atoms with Crippen LogP contribution in [-0.2, 0) is 0 Å². The van der Waals surface area contributed by atoms with Crippen molar-refractivity contribution in [2.45, 2.75) is 38.6 Å². The number of hydrogen-bond donors (Lipinski definition) is 1. The molecule has 1 fully saturated rings. The third-order valence-electron chi connectivity index (χ3n) is 9.15. The lowest BCUT2D eigenvalue weighted by Crippen LogP contribution is -2.38. The number of halogens is 2. The van der Waals surface area contributed by atoms with Gasteiger partial charge in [0.25, 0.3) is 11.5 Å². The molecule has 0 radical (unpaired) electrons. The normalized spacial score (nSPS) is 13.9. The Morgan fingerprint density at radius 2 is 1.75 bits per heavy atom. The van der Waals surface area contributed by atoms with Crippen LogP contribution in [0.5, 0.6) is 34.5 Å². The van der Waals surface area contributed by atoms with Crippen LogP contribution in [0.25, 0.3) is 16.6 Å². The summed E-state index contributed by atoms with van der Waals surface area (Å²) in [6, 6.07) is 14.6. The van der Waals surface area contributed by atoms with Gasteiger partial charge in [-0.3, -0.25) is 19.1 Å². The first-order chi connectivity index (χ1) is 25.3. The van der Waals surface area contributed by atoms with Crippen LogP contribution in [-0.4, -0.2) is 66.4 Å². The van der Waals surface area contributed by atoms with Crippen molar-refractivity contribution < 1.29 is 37.3 Å². The second-order valence-electron chi connectivity index (χ2n) is 12.5. The van der Waals surface area contributed by atoms with E-state index in [1.54, 1.807) is 25.3 Å². The van der Waals surface area contributed by atoms with E-state index in [-0.39, 0.29) is 35.1 Å². The summed E-state index contributed by atoms with van der Waals surface area (Å²) in [5.41, 5.74) is -0.0482. The van der Waals surface area contributed by atoms with Gasteiger partial charge in [0.05, 0.1) is 24.1 Å². The number of pyridine rings is 2. The van der Waals surface area contributed by atoms with Gasteiger partial charge >= 0.3 is 0 Å². The molecule has 7 rings (SSSR count). The maximum absolute atomic E-state index is 15.6. The summed E-state index contributed by atoms with van der Waals surface area (Å²) in [6.07, 6.45) is 7.61. The van der Waals surface area contributed by atoms with Crippen molar-refractivity contribution in [3.8, 4) is 40.2 Å². The predicted octanol–water partition coefficient (Wildman–Crippen LogP) is 7.13. The fraction of sp³-hybridized carbons (Fsp3) is 0.308. The van der Waals surface area contributed by atoms with Gasteiger partial charge in [-0.15, -0.1) is 0 Å². The van der Waals surface area contributed by atoms with Gasteiger partial charge in [-0.05, 0) is 81.8 Å². The van der Waals surface area contributed by atoms with E-state index in [1.807, 2.05) is 0 Å². The second kappa shape index (κ2) is 15.3. The summed E-state index contributed by atoms with van der Waals surface area (Å²) in [7, 11) is 2.15. The van der Waals surface area contributed by atoms with Crippen molar-refractivity contribution in [2.24, 2.45) is 0 Å². The summed E-state index contributed by atoms with van der Waals surface area (Å²) in [4.78, 5) is 33.8. The van der Waals surface area contributed by atoms with Crippen molar-refractivity contribution in [2.75, 3.05) is 45.3 Å². The molecule has 2 aromatic heterocycles. The molecule has 1 aliphatic carbocycles. The molecule has 0 atom stereocenters. The molecule has 1 aliphatic heterocycles. The molecule has 13 heteroatoms. The molecule has 2 aliphatic rings. The van der Waals surface area contributed by atoms with Crippen LogP contribution >= 0.6 is 0 Å². The Morgan fingerprint density at radius 1 is 0.962 bits per heavy atom. The van der Waals surface area contributed by atoms with Gasteiger partial charge in [0.1, 0.15) is 36.1 Å². The van der Waals surface area contributed by atoms with E-state index >= 15 is 4.39 Å². The molecule has 0 unspecified atom stereocenters. The zero-order valence-electron chi connectivity index (χ0n) is 28.8. The summed E-state index contributed by atoms with van der Waals surface area (Å²) in [6.45, 7) is 3.97. The maximum Gasteiger partial charge on any atom is 0.271 e. The standard InChI is InChI=1S/C39H38F2N4O7/c1-3-48-31-15-18-45(27-11-8-24(40)9-12-27)39(47)35(31)38(46)43-25-10-13-30(28(41)22-25)52-32-14-16-42-29-23-33(36-37(34(29)32)51-21-20-50-36)49-19-5-17-44(2)26-6-4-7-26/h8-16,18,22-23,26H,3-7,17,19-21H2,1-2H3,(H,43,46). The Labute approximate surface area is 298 Å². The topological polar surface area (TPSA) is 113 Å². The number of ether oxygens (including phenoxy) is 5. The number of amides is 1. The van der Waals surface area contributed by atoms with E-state index < -0.39 is 23.1 Å². The Bertz CT molecular complexity index is 2150. The lowest BCUT2D eigenvalue weighted by molar-refractivity contribution is 0.102. The van der Waals surface area contributed by atoms with E-state index in [0.717, 1.165) is 19.0 Å². The minimum Gasteiger partial charge on any atom is -0.493 e. The molecule has 1 amide bonds. The highest BCUT2D eigenvalue weighted by Crippen LogP contribution is 2.48. The largest absolute Gasteiger partial charge is 0.493 e. The highest BCUT2D eigenvalue weighted by Gasteiger charge is 2.26. The summed E-state index contributed by atoms with van der Waals surface area (Å²) in [5, 5.41) is 3.08. The molecule has 1 N–H and O–H groups in total. The Balaban J connectivity index is 1.10. The molecule has 52 heavy (non-hydrogen) atoms. The zero-order valence-corrected chi connectivity index (χ0v) is 28.8. The number of rotatable bonds is 13. The molecule has 1 saturated carbocycles. The van der Waals surface area contributed by atoms with Crippen LogP contribution in [0.3, 0.4) is 0 Å². The fourth-order valence-electron chi connectivity index (χ4n) is 6.25. The molecule has 5 aromatic rings. The number of carbonyl (C=O) groups is 1. The quantitative estimate of drug-likeness (QED) is 0.127. The third-order valence-corrected chi connectivity index (χ3v) is 9.15. The van der Waals surface area contributed by atoms with Crippen molar-refractivity contribution in [1.29, 1.82) is 0 Å². The molecule has 0 spiro atoms. The SMILES string of the molecule is CCOc1ccn(-c2ccc(F)cc2)c(=O)c1C(=O)Nc1ccc(Oc2ccnc3cc(OCCCN(C)C4CCC4)c4c(c23)OCCO4)c(F)c1. The Hall–Kier alpha value is -5.69. The highest BCUT2D eigenvalue weighted by atomic mass is 19.1. The highest BCUT2D eigenvalue weighted by molar-refractivity contribution is 6.06. The molecule has 270 valence electrons. The number of anilines is 1. The molecule has 0 saturated heterocycles. The molecule has 11 nitrogen and oxygen atoms in total. The molecule has 3 aromatic carbocycles. The lowest BCUT2D eigenvalue weighted by atomic mass is 9.92. The number of hydrogen-bond acceptors (Lipinski definition) is 9. The summed E-state index contributed by atoms with van der Waals surface area (Å²) in [5.74, 6) is -0.504. The average molecular weight is 713 g/mol. The number of fused-ring (bicyclic) bond motifs is 3. The first-order valence-corrected chi connectivity index (χ1v) is 17.3. The minimum atomic E-state index is -0.815. The van der Waals surface area contributed by atoms with Crippen LogP contribution in [0.1, 0.15) is 43.0 Å². The first-order valence-electron chi connectivity index (χ1n) is 17.3. The fourth-order valence-corrected chi connectivity index (χ4v) is 6.25. The van der Waals surface area contributed by atoms with E-state index in [1.165, 1.54) is 72.5 Å². The van der Waals surface area contributed by atoms with E-state index in [4.69, 9.17) is 23.7 Å². The summed E-state index contributed by atoms with van der Waals surface area (Å²) >= 11 is 0. The predicted molar refractivity (Wildman–Crippen MR) is 191 cm³/mol. The molecule has 0 bridgehead atoms. The Kier molecular flexibility index (Phi) is 10.2. The third kappa shape index (κ3) is 7.22. The number of aromatic nitrogens is 2. The number of nitrogens with zero attached hydrogens (tertiary/aromatic N) is 3. The average Bonchev–Trinajstić information content (AvgIpc) is 3.11. The van der Waals surface area contributed by atoms with Gasteiger partial charge in [0.2, 0.25) is 5.75 Å². The first kappa shape index (κ1) is 34.7. The Morgan fingerprint density at radius 3 is 2.48 bits per heavy atom. The number of benzene rings is 3. The molecule has 3 heterocycles. The van der Waals surface area contributed by atoms with Gasteiger partial charge in [-0.25, -0.2) is 8.78 Å². The number of nitrogens with one attached hydrogen (secondary N) is 1. The molecular formula is C39H38F2N4O7.